The number of carboxylic acid groups (broad SMARTS) is 1. The summed E-state index contributed by atoms with van der Waals surface area (Å²) in [5.41, 5.74) is 3.82. The summed E-state index contributed by atoms with van der Waals surface area (Å²) in [6.07, 6.45) is 3.22. The van der Waals surface area contributed by atoms with E-state index in [-0.39, 0.29) is 5.56 Å². The maximum absolute atomic E-state index is 11.2. The summed E-state index contributed by atoms with van der Waals surface area (Å²) in [5.74, 6) is -0.240. The average Bonchev–Trinajstić information content (AvgIpc) is 2.92. The van der Waals surface area contributed by atoms with Crippen LogP contribution < -0.4 is 0 Å². The molecule has 19 heavy (non-hydrogen) atoms. The molecule has 2 heterocycles. The number of pyridine rings is 1. The van der Waals surface area contributed by atoms with E-state index in [2.05, 4.69) is 16.1 Å². The molecule has 0 fully saturated rings. The first kappa shape index (κ1) is 11.9. The van der Waals surface area contributed by atoms with Crippen LogP contribution in [0.4, 0.5) is 0 Å². The molecule has 98 valence electrons. The fourth-order valence-electron chi connectivity index (χ4n) is 2.70. The summed E-state index contributed by atoms with van der Waals surface area (Å²) in [6, 6.07) is 3.98. The van der Waals surface area contributed by atoms with Crippen molar-refractivity contribution in [2.75, 3.05) is 0 Å². The van der Waals surface area contributed by atoms with Crippen molar-refractivity contribution in [2.45, 2.75) is 33.1 Å². The van der Waals surface area contributed by atoms with Crippen molar-refractivity contribution in [2.24, 2.45) is 0 Å². The molecule has 0 aromatic carbocycles. The third-order valence-electron chi connectivity index (χ3n) is 3.64. The zero-order chi connectivity index (χ0) is 13.6. The second-order valence-electron chi connectivity index (χ2n) is 4.89. The predicted molar refractivity (Wildman–Crippen MR) is 69.8 cm³/mol. The fraction of sp³-hybridized carbons (Fsp3) is 0.357. The van der Waals surface area contributed by atoms with E-state index in [4.69, 9.17) is 0 Å². The van der Waals surface area contributed by atoms with E-state index < -0.39 is 5.97 Å². The third kappa shape index (κ3) is 1.82. The van der Waals surface area contributed by atoms with Crippen LogP contribution in [0.25, 0.3) is 5.82 Å². The van der Waals surface area contributed by atoms with Crippen LogP contribution in [-0.4, -0.2) is 25.8 Å². The van der Waals surface area contributed by atoms with Crippen LogP contribution in [0.3, 0.4) is 0 Å². The molecule has 0 amide bonds. The number of aromatic carboxylic acids is 1. The van der Waals surface area contributed by atoms with Gasteiger partial charge >= 0.3 is 5.97 Å². The second kappa shape index (κ2) is 4.19. The van der Waals surface area contributed by atoms with Crippen molar-refractivity contribution in [3.63, 3.8) is 0 Å². The highest BCUT2D eigenvalue weighted by Gasteiger charge is 2.20. The Morgan fingerprint density at radius 2 is 2.11 bits per heavy atom. The van der Waals surface area contributed by atoms with Gasteiger partial charge in [-0.15, -0.1) is 0 Å². The van der Waals surface area contributed by atoms with Crippen molar-refractivity contribution in [1.29, 1.82) is 0 Å². The molecule has 2 aromatic rings. The molecular weight excluding hydrogens is 242 g/mol. The normalized spacial score (nSPS) is 13.6. The quantitative estimate of drug-likeness (QED) is 0.894. The van der Waals surface area contributed by atoms with E-state index in [1.54, 1.807) is 18.5 Å². The monoisotopic (exact) mass is 257 g/mol. The zero-order valence-corrected chi connectivity index (χ0v) is 11.0. The first-order valence-electron chi connectivity index (χ1n) is 6.36. The van der Waals surface area contributed by atoms with E-state index in [0.717, 1.165) is 25.0 Å². The molecule has 1 aliphatic rings. The summed E-state index contributed by atoms with van der Waals surface area (Å²) in [4.78, 5) is 15.8. The number of nitrogens with zero attached hydrogens (tertiary/aromatic N) is 3. The van der Waals surface area contributed by atoms with Crippen LogP contribution in [0.2, 0.25) is 0 Å². The van der Waals surface area contributed by atoms with Crippen molar-refractivity contribution in [3.8, 4) is 5.82 Å². The number of hydrogen-bond donors (Lipinski definition) is 1. The van der Waals surface area contributed by atoms with Gasteiger partial charge in [0.15, 0.2) is 5.82 Å². The van der Waals surface area contributed by atoms with Crippen molar-refractivity contribution in [3.05, 3.63) is 40.3 Å². The zero-order valence-electron chi connectivity index (χ0n) is 11.0. The fourth-order valence-corrected chi connectivity index (χ4v) is 2.70. The van der Waals surface area contributed by atoms with Crippen molar-refractivity contribution < 1.29 is 9.90 Å². The lowest BCUT2D eigenvalue weighted by molar-refractivity contribution is 0.0695. The average molecular weight is 257 g/mol. The topological polar surface area (TPSA) is 68.0 Å². The van der Waals surface area contributed by atoms with Gasteiger partial charge in [-0.2, -0.15) is 5.10 Å². The first-order chi connectivity index (χ1) is 9.08. The van der Waals surface area contributed by atoms with Crippen LogP contribution in [-0.2, 0) is 12.8 Å². The SMILES string of the molecule is Cc1nn(-c2ccc3c(n2)CCC3)c(C)c1C(=O)O. The van der Waals surface area contributed by atoms with Crippen LogP contribution in [0.1, 0.15) is 39.4 Å². The molecule has 5 nitrogen and oxygen atoms in total. The third-order valence-corrected chi connectivity index (χ3v) is 3.64. The molecule has 5 heteroatoms. The lowest BCUT2D eigenvalue weighted by Crippen LogP contribution is -2.05. The molecule has 1 N–H and O–H groups in total. The van der Waals surface area contributed by atoms with E-state index in [0.29, 0.717) is 17.2 Å². The molecule has 0 saturated heterocycles. The molecule has 0 saturated carbocycles. The minimum atomic E-state index is -0.942. The molecule has 0 atom stereocenters. The lowest BCUT2D eigenvalue weighted by atomic mass is 10.2. The lowest BCUT2D eigenvalue weighted by Gasteiger charge is -2.06. The first-order valence-corrected chi connectivity index (χ1v) is 6.36. The van der Waals surface area contributed by atoms with Crippen LogP contribution in [0.15, 0.2) is 12.1 Å². The number of aryl methyl sites for hydroxylation is 3. The maximum Gasteiger partial charge on any atom is 0.339 e. The minimum absolute atomic E-state index is 0.266. The Balaban J connectivity index is 2.12. The highest BCUT2D eigenvalue weighted by atomic mass is 16.4. The van der Waals surface area contributed by atoms with E-state index >= 15 is 0 Å². The number of fused-ring (bicyclic) bond motifs is 1. The van der Waals surface area contributed by atoms with Crippen LogP contribution in [0, 0.1) is 13.8 Å². The molecule has 0 bridgehead atoms. The Morgan fingerprint density at radius 3 is 2.79 bits per heavy atom. The highest BCUT2D eigenvalue weighted by molar-refractivity contribution is 5.90. The van der Waals surface area contributed by atoms with E-state index in [1.807, 2.05) is 6.07 Å². The molecule has 0 aliphatic heterocycles. The highest BCUT2D eigenvalue weighted by Crippen LogP contribution is 2.23. The summed E-state index contributed by atoms with van der Waals surface area (Å²) in [5, 5.41) is 13.5. The largest absolute Gasteiger partial charge is 0.478 e. The van der Waals surface area contributed by atoms with Gasteiger partial charge in [0, 0.05) is 5.69 Å². The molecule has 3 rings (SSSR count). The van der Waals surface area contributed by atoms with E-state index in [1.165, 1.54) is 5.56 Å². The Kier molecular flexibility index (Phi) is 2.62. The Morgan fingerprint density at radius 1 is 1.32 bits per heavy atom. The van der Waals surface area contributed by atoms with Gasteiger partial charge in [-0.1, -0.05) is 6.07 Å². The number of hydrogen-bond acceptors (Lipinski definition) is 3. The summed E-state index contributed by atoms with van der Waals surface area (Å²) >= 11 is 0. The van der Waals surface area contributed by atoms with Gasteiger partial charge in [-0.3, -0.25) is 0 Å². The predicted octanol–water partition coefficient (Wildman–Crippen LogP) is 2.07. The van der Waals surface area contributed by atoms with Gasteiger partial charge in [0.05, 0.1) is 11.4 Å². The van der Waals surface area contributed by atoms with Crippen molar-refractivity contribution >= 4 is 5.97 Å². The molecule has 1 aliphatic carbocycles. The van der Waals surface area contributed by atoms with Crippen molar-refractivity contribution in [1.82, 2.24) is 14.8 Å². The van der Waals surface area contributed by atoms with Gasteiger partial charge in [0.2, 0.25) is 0 Å². The Hall–Kier alpha value is -2.17. The van der Waals surface area contributed by atoms with Gasteiger partial charge in [-0.25, -0.2) is 14.5 Å². The number of carboxylic acids is 1. The Bertz CT molecular complexity index is 674. The maximum atomic E-state index is 11.2. The number of aromatic nitrogens is 3. The van der Waals surface area contributed by atoms with Crippen LogP contribution >= 0.6 is 0 Å². The van der Waals surface area contributed by atoms with E-state index in [9.17, 15) is 9.90 Å². The molecule has 2 aromatic heterocycles. The minimum Gasteiger partial charge on any atom is -0.478 e. The molecule has 0 radical (unpaired) electrons. The summed E-state index contributed by atoms with van der Waals surface area (Å²) < 4.78 is 1.62. The van der Waals surface area contributed by atoms with Gasteiger partial charge < -0.3 is 5.11 Å². The standard InChI is InChI=1S/C14H15N3O2/c1-8-13(14(18)19)9(2)17(16-8)12-7-6-10-4-3-5-11(10)15-12/h6-7H,3-5H2,1-2H3,(H,18,19). The summed E-state index contributed by atoms with van der Waals surface area (Å²) in [7, 11) is 0. The smallest absolute Gasteiger partial charge is 0.339 e. The van der Waals surface area contributed by atoms with Gasteiger partial charge in [0.1, 0.15) is 5.56 Å². The second-order valence-corrected chi connectivity index (χ2v) is 4.89. The van der Waals surface area contributed by atoms with Gasteiger partial charge in [-0.05, 0) is 44.7 Å². The van der Waals surface area contributed by atoms with Crippen LogP contribution in [0.5, 0.6) is 0 Å². The Labute approximate surface area is 110 Å². The molecule has 0 spiro atoms. The van der Waals surface area contributed by atoms with Gasteiger partial charge in [0.25, 0.3) is 0 Å². The summed E-state index contributed by atoms with van der Waals surface area (Å²) in [6.45, 7) is 3.47. The number of carbonyl (C=O) groups is 1. The number of rotatable bonds is 2. The molecule has 0 unspecified atom stereocenters. The molecular formula is C14H15N3O2.